The van der Waals surface area contributed by atoms with Crippen molar-refractivity contribution in [2.24, 2.45) is 0 Å². The van der Waals surface area contributed by atoms with Crippen LogP contribution in [0.15, 0.2) is 18.3 Å². The maximum absolute atomic E-state index is 5.40. The second-order valence-corrected chi connectivity index (χ2v) is 4.08. The average molecular weight is 251 g/mol. The molecule has 0 aromatic carbocycles. The lowest BCUT2D eigenvalue weighted by molar-refractivity contribution is 0.154. The number of ether oxygens (including phenoxy) is 1. The van der Waals surface area contributed by atoms with Gasteiger partial charge < -0.3 is 15.0 Å². The van der Waals surface area contributed by atoms with Gasteiger partial charge in [0.1, 0.15) is 5.82 Å². The predicted molar refractivity (Wildman–Crippen MR) is 76.0 cm³/mol. The topological polar surface area (TPSA) is 37.4 Å². The molecule has 0 atom stereocenters. The first-order valence-electron chi connectivity index (χ1n) is 6.80. The number of nitrogens with one attached hydrogen (secondary N) is 1. The number of hydrogen-bond acceptors (Lipinski definition) is 4. The van der Waals surface area contributed by atoms with E-state index >= 15 is 0 Å². The Kier molecular flexibility index (Phi) is 7.37. The normalized spacial score (nSPS) is 10.6. The standard InChI is InChI=1S/C14H25N3O/c1-4-15-12-13-7-8-16-14(11-13)17(5-2)9-10-18-6-3/h7-8,11,15H,4-6,9-10,12H2,1-3H3. The number of likely N-dealkylation sites (N-methyl/N-ethyl adjacent to an activating group) is 1. The molecule has 0 aliphatic heterocycles. The van der Waals surface area contributed by atoms with Crippen molar-refractivity contribution in [3.63, 3.8) is 0 Å². The van der Waals surface area contributed by atoms with E-state index in [1.165, 1.54) is 5.56 Å². The molecule has 18 heavy (non-hydrogen) atoms. The van der Waals surface area contributed by atoms with E-state index in [1.807, 2.05) is 13.1 Å². The minimum atomic E-state index is 0.753. The Morgan fingerprint density at radius 3 is 2.83 bits per heavy atom. The van der Waals surface area contributed by atoms with E-state index in [4.69, 9.17) is 4.74 Å². The molecule has 0 saturated heterocycles. The van der Waals surface area contributed by atoms with Crippen molar-refractivity contribution in [2.45, 2.75) is 27.3 Å². The van der Waals surface area contributed by atoms with Crippen LogP contribution < -0.4 is 10.2 Å². The van der Waals surface area contributed by atoms with Crippen molar-refractivity contribution in [1.29, 1.82) is 0 Å². The van der Waals surface area contributed by atoms with Crippen molar-refractivity contribution < 1.29 is 4.74 Å². The molecule has 0 fully saturated rings. The summed E-state index contributed by atoms with van der Waals surface area (Å²) in [6.07, 6.45) is 1.88. The van der Waals surface area contributed by atoms with Crippen molar-refractivity contribution in [2.75, 3.05) is 37.7 Å². The Bertz CT molecular complexity index is 331. The maximum Gasteiger partial charge on any atom is 0.128 e. The van der Waals surface area contributed by atoms with Crippen LogP contribution in [0, 0.1) is 0 Å². The highest BCUT2D eigenvalue weighted by molar-refractivity contribution is 5.40. The largest absolute Gasteiger partial charge is 0.380 e. The van der Waals surface area contributed by atoms with Crippen LogP contribution in [0.5, 0.6) is 0 Å². The van der Waals surface area contributed by atoms with E-state index in [0.29, 0.717) is 0 Å². The number of hydrogen-bond donors (Lipinski definition) is 1. The number of anilines is 1. The summed E-state index contributed by atoms with van der Waals surface area (Å²) in [5.41, 5.74) is 1.27. The van der Waals surface area contributed by atoms with Crippen LogP contribution in [0.3, 0.4) is 0 Å². The fourth-order valence-electron chi connectivity index (χ4n) is 1.77. The lowest BCUT2D eigenvalue weighted by Gasteiger charge is -2.22. The molecule has 1 aromatic rings. The van der Waals surface area contributed by atoms with Gasteiger partial charge in [0.05, 0.1) is 6.61 Å². The van der Waals surface area contributed by atoms with E-state index in [-0.39, 0.29) is 0 Å². The Hall–Kier alpha value is -1.13. The van der Waals surface area contributed by atoms with E-state index in [1.54, 1.807) is 0 Å². The Balaban J connectivity index is 2.60. The molecule has 0 bridgehead atoms. The zero-order chi connectivity index (χ0) is 13.2. The average Bonchev–Trinajstić information content (AvgIpc) is 2.42. The summed E-state index contributed by atoms with van der Waals surface area (Å²) in [7, 11) is 0. The third-order valence-corrected chi connectivity index (χ3v) is 2.80. The zero-order valence-electron chi connectivity index (χ0n) is 11.8. The molecule has 0 amide bonds. The Labute approximate surface area is 110 Å². The van der Waals surface area contributed by atoms with Crippen molar-refractivity contribution >= 4 is 5.82 Å². The van der Waals surface area contributed by atoms with E-state index in [9.17, 15) is 0 Å². The Morgan fingerprint density at radius 1 is 1.33 bits per heavy atom. The number of nitrogens with zero attached hydrogens (tertiary/aromatic N) is 2. The van der Waals surface area contributed by atoms with Gasteiger partial charge in [-0.3, -0.25) is 0 Å². The van der Waals surface area contributed by atoms with Gasteiger partial charge >= 0.3 is 0 Å². The molecule has 0 unspecified atom stereocenters. The second-order valence-electron chi connectivity index (χ2n) is 4.08. The van der Waals surface area contributed by atoms with Crippen LogP contribution in [0.4, 0.5) is 5.82 Å². The summed E-state index contributed by atoms with van der Waals surface area (Å²) in [4.78, 5) is 6.68. The van der Waals surface area contributed by atoms with Crippen LogP contribution in [-0.4, -0.2) is 37.8 Å². The van der Waals surface area contributed by atoms with Crippen molar-refractivity contribution in [1.82, 2.24) is 10.3 Å². The molecule has 4 nitrogen and oxygen atoms in total. The highest BCUT2D eigenvalue weighted by atomic mass is 16.5. The third kappa shape index (κ3) is 5.02. The summed E-state index contributed by atoms with van der Waals surface area (Å²) >= 11 is 0. The zero-order valence-corrected chi connectivity index (χ0v) is 11.8. The van der Waals surface area contributed by atoms with Gasteiger partial charge in [-0.1, -0.05) is 6.92 Å². The molecule has 4 heteroatoms. The number of pyridine rings is 1. The first kappa shape index (κ1) is 14.9. The molecule has 1 N–H and O–H groups in total. The van der Waals surface area contributed by atoms with Gasteiger partial charge in [0.2, 0.25) is 0 Å². The molecule has 0 spiro atoms. The minimum Gasteiger partial charge on any atom is -0.380 e. The predicted octanol–water partition coefficient (Wildman–Crippen LogP) is 2.05. The summed E-state index contributed by atoms with van der Waals surface area (Å²) in [5.74, 6) is 1.03. The van der Waals surface area contributed by atoms with E-state index in [0.717, 1.165) is 45.2 Å². The third-order valence-electron chi connectivity index (χ3n) is 2.80. The molecule has 1 aromatic heterocycles. The van der Waals surface area contributed by atoms with E-state index < -0.39 is 0 Å². The van der Waals surface area contributed by atoms with Gasteiger partial charge in [0.25, 0.3) is 0 Å². The quantitative estimate of drug-likeness (QED) is 0.682. The molecule has 102 valence electrons. The van der Waals surface area contributed by atoms with Crippen LogP contribution in [0.1, 0.15) is 26.3 Å². The highest BCUT2D eigenvalue weighted by Crippen LogP contribution is 2.12. The van der Waals surface area contributed by atoms with Gasteiger partial charge in [0.15, 0.2) is 0 Å². The fraction of sp³-hybridized carbons (Fsp3) is 0.643. The van der Waals surface area contributed by atoms with Crippen molar-refractivity contribution in [3.8, 4) is 0 Å². The van der Waals surface area contributed by atoms with Crippen LogP contribution in [0.25, 0.3) is 0 Å². The molecular formula is C14H25N3O. The summed E-state index contributed by atoms with van der Waals surface area (Å²) in [5, 5.41) is 3.33. The Morgan fingerprint density at radius 2 is 2.17 bits per heavy atom. The molecule has 1 rings (SSSR count). The molecule has 1 heterocycles. The monoisotopic (exact) mass is 251 g/mol. The first-order chi connectivity index (χ1) is 8.81. The minimum absolute atomic E-state index is 0.753. The fourth-order valence-corrected chi connectivity index (χ4v) is 1.77. The van der Waals surface area contributed by atoms with Gasteiger partial charge in [-0.25, -0.2) is 4.98 Å². The molecule has 0 radical (unpaired) electrons. The highest BCUT2D eigenvalue weighted by Gasteiger charge is 2.06. The van der Waals surface area contributed by atoms with Crippen molar-refractivity contribution in [3.05, 3.63) is 23.9 Å². The second kappa shape index (κ2) is 8.89. The van der Waals surface area contributed by atoms with Crippen LogP contribution in [-0.2, 0) is 11.3 Å². The number of rotatable bonds is 9. The van der Waals surface area contributed by atoms with Gasteiger partial charge in [-0.05, 0) is 38.1 Å². The molecule has 0 aliphatic rings. The molecule has 0 aliphatic carbocycles. The van der Waals surface area contributed by atoms with Gasteiger partial charge in [0, 0.05) is 32.4 Å². The lowest BCUT2D eigenvalue weighted by Crippen LogP contribution is -2.28. The van der Waals surface area contributed by atoms with Gasteiger partial charge in [-0.2, -0.15) is 0 Å². The molecular weight excluding hydrogens is 226 g/mol. The first-order valence-corrected chi connectivity index (χ1v) is 6.80. The summed E-state index contributed by atoms with van der Waals surface area (Å²) in [6.45, 7) is 11.5. The molecule has 0 saturated carbocycles. The van der Waals surface area contributed by atoms with Gasteiger partial charge in [-0.15, -0.1) is 0 Å². The summed E-state index contributed by atoms with van der Waals surface area (Å²) in [6, 6.07) is 4.21. The maximum atomic E-state index is 5.40. The smallest absolute Gasteiger partial charge is 0.128 e. The van der Waals surface area contributed by atoms with Crippen LogP contribution in [0.2, 0.25) is 0 Å². The summed E-state index contributed by atoms with van der Waals surface area (Å²) < 4.78 is 5.40. The SMILES string of the molecule is CCNCc1ccnc(N(CC)CCOCC)c1. The number of aromatic nitrogens is 1. The lowest BCUT2D eigenvalue weighted by atomic mass is 10.2. The van der Waals surface area contributed by atoms with E-state index in [2.05, 4.69) is 41.2 Å². The van der Waals surface area contributed by atoms with Crippen LogP contribution >= 0.6 is 0 Å².